The van der Waals surface area contributed by atoms with E-state index in [0.717, 1.165) is 11.1 Å². The van der Waals surface area contributed by atoms with Crippen molar-refractivity contribution in [1.82, 2.24) is 15.5 Å². The number of carboxylic acid groups (broad SMARTS) is 1. The molecule has 0 radical (unpaired) electrons. The minimum absolute atomic E-state index is 0.0385. The van der Waals surface area contributed by atoms with Gasteiger partial charge in [0, 0.05) is 37.9 Å². The molecule has 0 aromatic heterocycles. The number of ketones is 1. The van der Waals surface area contributed by atoms with Crippen LogP contribution in [-0.4, -0.2) is 76.0 Å². The molecule has 9 heteroatoms. The molecular weight excluding hydrogens is 498 g/mol. The number of Topliss-reactive ketones (excluding diaryl/α,β-unsaturated/α-hetero) is 1. The zero-order valence-electron chi connectivity index (χ0n) is 22.0. The minimum Gasteiger partial charge on any atom is -0.480 e. The second kappa shape index (κ2) is 13.5. The Morgan fingerprint density at radius 2 is 1.59 bits per heavy atom. The maximum Gasteiger partial charge on any atom is 0.326 e. The average Bonchev–Trinajstić information content (AvgIpc) is 3.59. The standard InChI is InChI=1S/C30H37N3O6/c34-24(17-23(15-21-10-5-2-6-11-21)32-28(36)26-18-25(35)19-31-26)16-22(14-20-8-3-1-4-9-20)29(37)33-13-7-12-27(33)30(38)39/h1-6,8-11,22-23,25-27,31,35H,7,12-19H2,(H,32,36)(H,38,39). The number of carboxylic acids is 1. The molecule has 4 N–H and O–H groups in total. The molecule has 2 aromatic carbocycles. The first-order valence-electron chi connectivity index (χ1n) is 13.6. The van der Waals surface area contributed by atoms with Gasteiger partial charge in [0.25, 0.3) is 0 Å². The van der Waals surface area contributed by atoms with Gasteiger partial charge < -0.3 is 25.7 Å². The predicted molar refractivity (Wildman–Crippen MR) is 145 cm³/mol. The molecule has 2 aliphatic rings. The van der Waals surface area contributed by atoms with Crippen LogP contribution in [0.2, 0.25) is 0 Å². The van der Waals surface area contributed by atoms with Crippen molar-refractivity contribution in [1.29, 1.82) is 0 Å². The summed E-state index contributed by atoms with van der Waals surface area (Å²) in [6.07, 6.45) is 1.51. The number of aliphatic hydroxyl groups excluding tert-OH is 1. The quantitative estimate of drug-likeness (QED) is 0.325. The zero-order valence-corrected chi connectivity index (χ0v) is 22.0. The van der Waals surface area contributed by atoms with Crippen molar-refractivity contribution in [2.24, 2.45) is 5.92 Å². The van der Waals surface area contributed by atoms with Crippen molar-refractivity contribution >= 4 is 23.6 Å². The fourth-order valence-electron chi connectivity index (χ4n) is 5.59. The highest BCUT2D eigenvalue weighted by molar-refractivity contribution is 5.90. The predicted octanol–water partition coefficient (Wildman–Crippen LogP) is 1.72. The van der Waals surface area contributed by atoms with E-state index in [9.17, 15) is 29.4 Å². The molecule has 208 valence electrons. The number of aliphatic hydroxyl groups is 1. The molecule has 0 spiro atoms. The number of nitrogens with zero attached hydrogens (tertiary/aromatic N) is 1. The molecule has 2 aliphatic heterocycles. The number of hydrogen-bond donors (Lipinski definition) is 4. The minimum atomic E-state index is -1.03. The second-order valence-corrected chi connectivity index (χ2v) is 10.6. The molecule has 2 heterocycles. The largest absolute Gasteiger partial charge is 0.480 e. The Hall–Kier alpha value is -3.56. The maximum absolute atomic E-state index is 13.6. The molecule has 2 amide bonds. The Morgan fingerprint density at radius 3 is 2.18 bits per heavy atom. The second-order valence-electron chi connectivity index (χ2n) is 10.6. The van der Waals surface area contributed by atoms with Crippen LogP contribution in [0.15, 0.2) is 60.7 Å². The van der Waals surface area contributed by atoms with E-state index in [1.165, 1.54) is 4.90 Å². The van der Waals surface area contributed by atoms with Gasteiger partial charge in [0.1, 0.15) is 11.8 Å². The molecule has 5 unspecified atom stereocenters. The fourth-order valence-corrected chi connectivity index (χ4v) is 5.59. The van der Waals surface area contributed by atoms with Gasteiger partial charge in [-0.3, -0.25) is 14.4 Å². The topological polar surface area (TPSA) is 136 Å². The molecule has 0 bridgehead atoms. The first-order valence-corrected chi connectivity index (χ1v) is 13.6. The molecule has 9 nitrogen and oxygen atoms in total. The van der Waals surface area contributed by atoms with Crippen LogP contribution in [0.4, 0.5) is 0 Å². The van der Waals surface area contributed by atoms with Crippen molar-refractivity contribution in [3.05, 3.63) is 71.8 Å². The Balaban J connectivity index is 1.48. The molecular formula is C30H37N3O6. The summed E-state index contributed by atoms with van der Waals surface area (Å²) in [6.45, 7) is 0.708. The van der Waals surface area contributed by atoms with E-state index in [0.29, 0.717) is 45.2 Å². The van der Waals surface area contributed by atoms with Crippen molar-refractivity contribution in [2.75, 3.05) is 13.1 Å². The van der Waals surface area contributed by atoms with Crippen LogP contribution in [0.5, 0.6) is 0 Å². The van der Waals surface area contributed by atoms with Crippen LogP contribution in [0, 0.1) is 5.92 Å². The number of aliphatic carboxylic acids is 1. The van der Waals surface area contributed by atoms with Gasteiger partial charge in [-0.2, -0.15) is 0 Å². The number of nitrogens with one attached hydrogen (secondary N) is 2. The van der Waals surface area contributed by atoms with Crippen LogP contribution >= 0.6 is 0 Å². The molecule has 5 atom stereocenters. The first-order chi connectivity index (χ1) is 18.8. The van der Waals surface area contributed by atoms with Crippen LogP contribution in [-0.2, 0) is 32.0 Å². The van der Waals surface area contributed by atoms with Gasteiger partial charge >= 0.3 is 5.97 Å². The van der Waals surface area contributed by atoms with E-state index in [1.54, 1.807) is 0 Å². The van der Waals surface area contributed by atoms with Gasteiger partial charge in [0.05, 0.1) is 12.1 Å². The summed E-state index contributed by atoms with van der Waals surface area (Å²) in [7, 11) is 0. The van der Waals surface area contributed by atoms with Gasteiger partial charge in [0.15, 0.2) is 0 Å². The van der Waals surface area contributed by atoms with Crippen LogP contribution in [0.25, 0.3) is 0 Å². The van der Waals surface area contributed by atoms with E-state index in [-0.39, 0.29) is 30.4 Å². The van der Waals surface area contributed by atoms with Gasteiger partial charge in [-0.1, -0.05) is 60.7 Å². The smallest absolute Gasteiger partial charge is 0.326 e. The van der Waals surface area contributed by atoms with Gasteiger partial charge in [-0.25, -0.2) is 4.79 Å². The molecule has 0 aliphatic carbocycles. The third-order valence-electron chi connectivity index (χ3n) is 7.54. The lowest BCUT2D eigenvalue weighted by Crippen LogP contribution is -2.47. The van der Waals surface area contributed by atoms with Gasteiger partial charge in [-0.05, 0) is 43.2 Å². The Morgan fingerprint density at radius 1 is 0.949 bits per heavy atom. The molecule has 4 rings (SSSR count). The molecule has 0 saturated carbocycles. The number of carbonyl (C=O) groups excluding carboxylic acids is 3. The van der Waals surface area contributed by atoms with E-state index in [2.05, 4.69) is 10.6 Å². The molecule has 2 saturated heterocycles. The summed E-state index contributed by atoms with van der Waals surface area (Å²) in [5.41, 5.74) is 1.86. The lowest BCUT2D eigenvalue weighted by atomic mass is 9.90. The zero-order chi connectivity index (χ0) is 27.8. The summed E-state index contributed by atoms with van der Waals surface area (Å²) >= 11 is 0. The normalized spacial score (nSPS) is 22.3. The van der Waals surface area contributed by atoms with E-state index < -0.39 is 36.1 Å². The average molecular weight is 536 g/mol. The number of β-amino-alcohol motifs (C(OH)–C–C–N with tert-alkyl or cyclic N) is 1. The SMILES string of the molecule is O=C(CC(Cc1ccccc1)NC(=O)C1CC(O)CN1)CC(Cc1ccccc1)C(=O)N1CCCC1C(=O)O. The summed E-state index contributed by atoms with van der Waals surface area (Å²) in [5.74, 6) is -2.47. The van der Waals surface area contributed by atoms with E-state index in [1.807, 2.05) is 60.7 Å². The Bertz CT molecular complexity index is 1140. The number of rotatable bonds is 12. The lowest BCUT2D eigenvalue weighted by Gasteiger charge is -2.27. The van der Waals surface area contributed by atoms with Crippen LogP contribution in [0.3, 0.4) is 0 Å². The number of hydrogen-bond acceptors (Lipinski definition) is 6. The highest BCUT2D eigenvalue weighted by atomic mass is 16.4. The van der Waals surface area contributed by atoms with Crippen molar-refractivity contribution < 1.29 is 29.4 Å². The van der Waals surface area contributed by atoms with Crippen molar-refractivity contribution in [3.63, 3.8) is 0 Å². The maximum atomic E-state index is 13.6. The number of likely N-dealkylation sites (tertiary alicyclic amines) is 1. The number of benzene rings is 2. The molecule has 2 aromatic rings. The van der Waals surface area contributed by atoms with Gasteiger partial charge in [-0.15, -0.1) is 0 Å². The summed E-state index contributed by atoms with van der Waals surface area (Å²) in [4.78, 5) is 53.1. The number of carbonyl (C=O) groups is 4. The van der Waals surface area contributed by atoms with Crippen molar-refractivity contribution in [2.45, 2.75) is 69.2 Å². The third kappa shape index (κ3) is 7.97. The van der Waals surface area contributed by atoms with Crippen molar-refractivity contribution in [3.8, 4) is 0 Å². The summed E-state index contributed by atoms with van der Waals surface area (Å²) in [6, 6.07) is 17.1. The van der Waals surface area contributed by atoms with Gasteiger partial charge in [0.2, 0.25) is 11.8 Å². The third-order valence-corrected chi connectivity index (χ3v) is 7.54. The molecule has 2 fully saturated rings. The summed E-state index contributed by atoms with van der Waals surface area (Å²) < 4.78 is 0. The monoisotopic (exact) mass is 535 g/mol. The highest BCUT2D eigenvalue weighted by Crippen LogP contribution is 2.25. The van der Waals surface area contributed by atoms with E-state index >= 15 is 0 Å². The van der Waals surface area contributed by atoms with E-state index in [4.69, 9.17) is 0 Å². The molecule has 39 heavy (non-hydrogen) atoms. The summed E-state index contributed by atoms with van der Waals surface area (Å²) in [5, 5.41) is 25.4. The fraction of sp³-hybridized carbons (Fsp3) is 0.467. The van der Waals surface area contributed by atoms with Crippen LogP contribution < -0.4 is 10.6 Å². The lowest BCUT2D eigenvalue weighted by molar-refractivity contribution is -0.150. The van der Waals surface area contributed by atoms with Crippen LogP contribution in [0.1, 0.15) is 43.2 Å². The Kier molecular flexibility index (Phi) is 9.84. The number of amides is 2. The first kappa shape index (κ1) is 28.4. The highest BCUT2D eigenvalue weighted by Gasteiger charge is 2.38. The Labute approximate surface area is 228 Å².